The number of nitrogens with one attached hydrogen (secondary N) is 1. The minimum absolute atomic E-state index is 0.172. The molecule has 0 heterocycles. The van der Waals surface area contributed by atoms with Crippen molar-refractivity contribution in [1.82, 2.24) is 5.32 Å². The van der Waals surface area contributed by atoms with Crippen LogP contribution in [0.4, 0.5) is 0 Å². The van der Waals surface area contributed by atoms with Crippen molar-refractivity contribution in [1.29, 1.82) is 0 Å². The number of aliphatic hydroxyl groups is 1. The van der Waals surface area contributed by atoms with Crippen molar-refractivity contribution in [2.45, 2.75) is 25.4 Å². The van der Waals surface area contributed by atoms with E-state index in [4.69, 9.17) is 16.6 Å². The van der Waals surface area contributed by atoms with Gasteiger partial charge in [0.2, 0.25) is 11.8 Å². The zero-order valence-corrected chi connectivity index (χ0v) is 7.49. The number of carbonyl (C=O) groups excluding carboxylic acids is 2. The molecule has 0 aromatic heterocycles. The third-order valence-electron chi connectivity index (χ3n) is 1.42. The SMILES string of the molecule is C[C@@H](CO)NC(=O)C(N)CC(N)=O. The second-order valence-corrected chi connectivity index (χ2v) is 2.87. The van der Waals surface area contributed by atoms with Gasteiger partial charge in [-0.05, 0) is 6.92 Å². The fraction of sp³-hybridized carbons (Fsp3) is 0.714. The van der Waals surface area contributed by atoms with E-state index in [2.05, 4.69) is 5.32 Å². The summed E-state index contributed by atoms with van der Waals surface area (Å²) in [5.41, 5.74) is 10.2. The highest BCUT2D eigenvalue weighted by Crippen LogP contribution is 1.88. The second-order valence-electron chi connectivity index (χ2n) is 2.87. The molecule has 0 aliphatic carbocycles. The van der Waals surface area contributed by atoms with Crippen molar-refractivity contribution < 1.29 is 14.7 Å². The van der Waals surface area contributed by atoms with Crippen molar-refractivity contribution >= 4 is 11.8 Å². The Labute approximate surface area is 76.3 Å². The highest BCUT2D eigenvalue weighted by Gasteiger charge is 2.16. The lowest BCUT2D eigenvalue weighted by Crippen LogP contribution is -2.47. The lowest BCUT2D eigenvalue weighted by atomic mass is 10.2. The van der Waals surface area contributed by atoms with Crippen LogP contribution in [0, 0.1) is 0 Å². The van der Waals surface area contributed by atoms with Crippen LogP contribution in [0.3, 0.4) is 0 Å². The predicted molar refractivity (Wildman–Crippen MR) is 46.5 cm³/mol. The molecule has 0 fully saturated rings. The van der Waals surface area contributed by atoms with Gasteiger partial charge in [-0.2, -0.15) is 0 Å². The number of carbonyl (C=O) groups is 2. The van der Waals surface area contributed by atoms with Gasteiger partial charge in [0.25, 0.3) is 0 Å². The largest absolute Gasteiger partial charge is 0.394 e. The van der Waals surface area contributed by atoms with Gasteiger partial charge in [0.1, 0.15) is 0 Å². The summed E-state index contributed by atoms with van der Waals surface area (Å²) >= 11 is 0. The van der Waals surface area contributed by atoms with Crippen LogP contribution in [0.1, 0.15) is 13.3 Å². The molecule has 0 aliphatic heterocycles. The summed E-state index contributed by atoms with van der Waals surface area (Å²) in [5, 5.41) is 11.0. The van der Waals surface area contributed by atoms with E-state index < -0.39 is 17.9 Å². The Bertz CT molecular complexity index is 195. The fourth-order valence-electron chi connectivity index (χ4n) is 0.705. The zero-order valence-electron chi connectivity index (χ0n) is 7.49. The minimum Gasteiger partial charge on any atom is -0.394 e. The van der Waals surface area contributed by atoms with Crippen LogP contribution >= 0.6 is 0 Å². The van der Waals surface area contributed by atoms with Gasteiger partial charge >= 0.3 is 0 Å². The Balaban J connectivity index is 3.89. The molecular weight excluding hydrogens is 174 g/mol. The van der Waals surface area contributed by atoms with E-state index in [0.29, 0.717) is 0 Å². The summed E-state index contributed by atoms with van der Waals surface area (Å²) in [6, 6.07) is -1.31. The van der Waals surface area contributed by atoms with Crippen LogP contribution < -0.4 is 16.8 Å². The smallest absolute Gasteiger partial charge is 0.237 e. The van der Waals surface area contributed by atoms with Crippen molar-refractivity contribution in [2.24, 2.45) is 11.5 Å². The van der Waals surface area contributed by atoms with Gasteiger partial charge in [-0.15, -0.1) is 0 Å². The predicted octanol–water partition coefficient (Wildman–Crippen LogP) is -2.31. The third-order valence-corrected chi connectivity index (χ3v) is 1.42. The van der Waals surface area contributed by atoms with Crippen molar-refractivity contribution in [3.8, 4) is 0 Å². The number of amides is 2. The first-order chi connectivity index (χ1) is 5.97. The van der Waals surface area contributed by atoms with Crippen LogP contribution in [0.15, 0.2) is 0 Å². The maximum absolute atomic E-state index is 11.1. The summed E-state index contributed by atoms with van der Waals surface area (Å²) < 4.78 is 0. The molecule has 6 nitrogen and oxygen atoms in total. The number of rotatable bonds is 5. The fourth-order valence-corrected chi connectivity index (χ4v) is 0.705. The van der Waals surface area contributed by atoms with E-state index in [1.54, 1.807) is 6.92 Å². The van der Waals surface area contributed by atoms with Crippen LogP contribution in [0.5, 0.6) is 0 Å². The number of primary amides is 1. The molecule has 1 unspecified atom stereocenters. The van der Waals surface area contributed by atoms with Gasteiger partial charge in [0.05, 0.1) is 19.1 Å². The average Bonchev–Trinajstić information content (AvgIpc) is 2.02. The Kier molecular flexibility index (Phi) is 5.01. The van der Waals surface area contributed by atoms with E-state index in [-0.39, 0.29) is 19.1 Å². The molecule has 0 aromatic carbocycles. The highest BCUT2D eigenvalue weighted by atomic mass is 16.3. The van der Waals surface area contributed by atoms with Gasteiger partial charge in [-0.1, -0.05) is 0 Å². The van der Waals surface area contributed by atoms with Crippen LogP contribution in [0.2, 0.25) is 0 Å². The molecule has 0 bridgehead atoms. The van der Waals surface area contributed by atoms with Gasteiger partial charge in [0.15, 0.2) is 0 Å². The number of hydrogen-bond acceptors (Lipinski definition) is 4. The van der Waals surface area contributed by atoms with E-state index in [1.165, 1.54) is 0 Å². The molecule has 0 radical (unpaired) electrons. The topological polar surface area (TPSA) is 118 Å². The van der Waals surface area contributed by atoms with E-state index >= 15 is 0 Å². The second kappa shape index (κ2) is 5.50. The molecule has 13 heavy (non-hydrogen) atoms. The minimum atomic E-state index is -0.938. The normalized spacial score (nSPS) is 14.7. The molecule has 6 heteroatoms. The third kappa shape index (κ3) is 5.15. The monoisotopic (exact) mass is 189 g/mol. The van der Waals surface area contributed by atoms with E-state index in [1.807, 2.05) is 0 Å². The summed E-state index contributed by atoms with van der Waals surface area (Å²) in [6.07, 6.45) is -0.190. The van der Waals surface area contributed by atoms with E-state index in [9.17, 15) is 9.59 Å². The van der Waals surface area contributed by atoms with Crippen LogP contribution in [-0.4, -0.2) is 35.6 Å². The van der Waals surface area contributed by atoms with Gasteiger partial charge in [-0.3, -0.25) is 9.59 Å². The first kappa shape index (κ1) is 11.9. The van der Waals surface area contributed by atoms with Crippen LogP contribution in [0.25, 0.3) is 0 Å². The van der Waals surface area contributed by atoms with Crippen LogP contribution in [-0.2, 0) is 9.59 Å². The lowest BCUT2D eigenvalue weighted by Gasteiger charge is -2.14. The number of aliphatic hydroxyl groups excluding tert-OH is 1. The first-order valence-electron chi connectivity index (χ1n) is 3.92. The Morgan fingerprint density at radius 1 is 1.54 bits per heavy atom. The molecule has 0 saturated carbocycles. The molecule has 2 atom stereocenters. The summed E-state index contributed by atoms with van der Waals surface area (Å²) in [6.45, 7) is 1.45. The Morgan fingerprint density at radius 2 is 2.08 bits per heavy atom. The molecule has 0 aliphatic rings. The van der Waals surface area contributed by atoms with Crippen molar-refractivity contribution in [2.75, 3.05) is 6.61 Å². The first-order valence-corrected chi connectivity index (χ1v) is 3.92. The molecule has 76 valence electrons. The summed E-state index contributed by atoms with van der Waals surface area (Å²) in [5.74, 6) is -1.11. The molecular formula is C7H15N3O3. The van der Waals surface area contributed by atoms with Gasteiger partial charge in [0, 0.05) is 6.04 Å². The Morgan fingerprint density at radius 3 is 2.46 bits per heavy atom. The molecule has 0 rings (SSSR count). The van der Waals surface area contributed by atoms with Gasteiger partial charge in [-0.25, -0.2) is 0 Å². The quantitative estimate of drug-likeness (QED) is 0.388. The summed E-state index contributed by atoms with van der Waals surface area (Å²) in [4.78, 5) is 21.5. The molecule has 0 saturated heterocycles. The van der Waals surface area contributed by atoms with Crippen molar-refractivity contribution in [3.63, 3.8) is 0 Å². The Hall–Kier alpha value is -1.14. The van der Waals surface area contributed by atoms with Gasteiger partial charge < -0.3 is 21.9 Å². The summed E-state index contributed by atoms with van der Waals surface area (Å²) in [7, 11) is 0. The maximum Gasteiger partial charge on any atom is 0.237 e. The standard InChI is InChI=1S/C7H15N3O3/c1-4(3-11)10-7(13)5(8)2-6(9)12/h4-5,11H,2-3,8H2,1H3,(H2,9,12)(H,10,13)/t4-,5?/m0/s1. The lowest BCUT2D eigenvalue weighted by molar-refractivity contribution is -0.126. The van der Waals surface area contributed by atoms with E-state index in [0.717, 1.165) is 0 Å². The molecule has 6 N–H and O–H groups in total. The maximum atomic E-state index is 11.1. The average molecular weight is 189 g/mol. The number of nitrogens with two attached hydrogens (primary N) is 2. The van der Waals surface area contributed by atoms with Crippen molar-refractivity contribution in [3.05, 3.63) is 0 Å². The molecule has 0 aromatic rings. The molecule has 2 amide bonds. The molecule has 0 spiro atoms. The zero-order chi connectivity index (χ0) is 10.4. The highest BCUT2D eigenvalue weighted by molar-refractivity contribution is 5.87. The number of hydrogen-bond donors (Lipinski definition) is 4.